The van der Waals surface area contributed by atoms with Crippen LogP contribution in [0.5, 0.6) is 0 Å². The molecule has 248 valence electrons. The topological polar surface area (TPSA) is 0 Å². The molecule has 0 heterocycles. The first-order valence-corrected chi connectivity index (χ1v) is 18.2. The molecule has 0 amide bonds. The van der Waals surface area contributed by atoms with Crippen molar-refractivity contribution in [3.8, 4) is 11.1 Å². The first-order chi connectivity index (χ1) is 24.8. The van der Waals surface area contributed by atoms with Gasteiger partial charge < -0.3 is 0 Å². The molecule has 0 spiro atoms. The summed E-state index contributed by atoms with van der Waals surface area (Å²) in [6, 6.07) is 60.1. The smallest absolute Gasteiger partial charge is 0.0265 e. The Hall–Kier alpha value is -5.72. The van der Waals surface area contributed by atoms with Crippen molar-refractivity contribution in [3.63, 3.8) is 0 Å². The normalized spacial score (nSPS) is 17.3. The first kappa shape index (κ1) is 32.5. The highest BCUT2D eigenvalue weighted by Crippen LogP contribution is 2.62. The molecule has 1 saturated carbocycles. The Balaban J connectivity index is 1.59. The van der Waals surface area contributed by atoms with E-state index in [0.29, 0.717) is 0 Å². The van der Waals surface area contributed by atoms with Gasteiger partial charge in [-0.15, -0.1) is 0 Å². The Bertz CT molecular complexity index is 2360. The monoisotopic (exact) mass is 656 g/mol. The lowest BCUT2D eigenvalue weighted by Gasteiger charge is -2.28. The number of fused-ring (bicyclic) bond motifs is 2. The molecule has 0 bridgehead atoms. The van der Waals surface area contributed by atoms with E-state index in [1.165, 1.54) is 89.1 Å². The van der Waals surface area contributed by atoms with Crippen molar-refractivity contribution >= 4 is 16.7 Å². The van der Waals surface area contributed by atoms with E-state index >= 15 is 0 Å². The van der Waals surface area contributed by atoms with Crippen LogP contribution in [0.4, 0.5) is 0 Å². The fourth-order valence-electron chi connectivity index (χ4n) is 8.87. The third kappa shape index (κ3) is 5.66. The SMILES string of the molecule is CC(C)=C1/C(=C(\c2ccccc2)c2ccccc2C)C2C=C(c3ccccc3)c3ccc(-c4ccccc4)cc3C(c3ccccc3)=C2C1(C)C. The van der Waals surface area contributed by atoms with Gasteiger partial charge >= 0.3 is 0 Å². The fourth-order valence-corrected chi connectivity index (χ4v) is 8.87. The van der Waals surface area contributed by atoms with Gasteiger partial charge in [0.2, 0.25) is 0 Å². The van der Waals surface area contributed by atoms with Gasteiger partial charge in [-0.3, -0.25) is 0 Å². The van der Waals surface area contributed by atoms with Crippen molar-refractivity contribution in [2.24, 2.45) is 11.3 Å². The average Bonchev–Trinajstić information content (AvgIpc) is 3.28. The highest BCUT2D eigenvalue weighted by Gasteiger charge is 2.48. The molecule has 0 heteroatoms. The van der Waals surface area contributed by atoms with E-state index in [9.17, 15) is 0 Å². The third-order valence-corrected chi connectivity index (χ3v) is 10.9. The summed E-state index contributed by atoms with van der Waals surface area (Å²) in [6.07, 6.45) is 2.61. The van der Waals surface area contributed by atoms with E-state index in [4.69, 9.17) is 0 Å². The zero-order chi connectivity index (χ0) is 35.1. The van der Waals surface area contributed by atoms with Crippen LogP contribution in [0.15, 0.2) is 192 Å². The molecule has 0 aliphatic heterocycles. The van der Waals surface area contributed by atoms with Crippen LogP contribution in [0.3, 0.4) is 0 Å². The summed E-state index contributed by atoms with van der Waals surface area (Å²) in [4.78, 5) is 0. The third-order valence-electron chi connectivity index (χ3n) is 10.9. The van der Waals surface area contributed by atoms with Gasteiger partial charge in [0.25, 0.3) is 0 Å². The van der Waals surface area contributed by atoms with Gasteiger partial charge in [-0.05, 0) is 110 Å². The fraction of sp³-hybridized carbons (Fsp3) is 0.137. The van der Waals surface area contributed by atoms with Crippen molar-refractivity contribution < 1.29 is 0 Å². The molecular formula is C51H44. The average molecular weight is 657 g/mol. The van der Waals surface area contributed by atoms with Gasteiger partial charge in [0.1, 0.15) is 0 Å². The Morgan fingerprint density at radius 3 is 1.69 bits per heavy atom. The van der Waals surface area contributed by atoms with Crippen molar-refractivity contribution in [2.75, 3.05) is 0 Å². The van der Waals surface area contributed by atoms with Crippen LogP contribution in [0.1, 0.15) is 66.6 Å². The molecule has 1 atom stereocenters. The maximum Gasteiger partial charge on any atom is 0.0265 e. The van der Waals surface area contributed by atoms with E-state index in [1.807, 2.05) is 0 Å². The molecule has 51 heavy (non-hydrogen) atoms. The number of allylic oxidation sites excluding steroid dienone is 5. The number of rotatable bonds is 5. The summed E-state index contributed by atoms with van der Waals surface area (Å²) in [5.41, 5.74) is 20.7. The molecule has 0 nitrogen and oxygen atoms in total. The minimum Gasteiger partial charge on any atom is -0.0720 e. The van der Waals surface area contributed by atoms with E-state index < -0.39 is 0 Å². The highest BCUT2D eigenvalue weighted by molar-refractivity contribution is 6.00. The second kappa shape index (κ2) is 13.2. The van der Waals surface area contributed by atoms with E-state index in [2.05, 4.69) is 204 Å². The standard InChI is InChI=1S/C51H44/c1-34(2)49-48(46(38-25-14-8-15-26-38)41-29-19-18-20-35(41)3)45-33-43(37-23-12-7-13-24-37)42-31-30-40(36-21-10-6-11-22-36)32-44(42)47(50(45)51(49,4)5)39-27-16-9-17-28-39/h6-33,45H,1-5H3/b48-46+. The molecule has 6 aromatic rings. The Morgan fingerprint density at radius 1 is 0.529 bits per heavy atom. The molecule has 2 aliphatic rings. The van der Waals surface area contributed by atoms with Crippen LogP contribution in [0.2, 0.25) is 0 Å². The second-order valence-corrected chi connectivity index (χ2v) is 14.7. The van der Waals surface area contributed by atoms with Crippen LogP contribution >= 0.6 is 0 Å². The Labute approximate surface area is 303 Å². The summed E-state index contributed by atoms with van der Waals surface area (Å²) >= 11 is 0. The lowest BCUT2D eigenvalue weighted by atomic mass is 9.75. The van der Waals surface area contributed by atoms with Gasteiger partial charge in [0, 0.05) is 11.3 Å². The van der Waals surface area contributed by atoms with Crippen LogP contribution < -0.4 is 0 Å². The summed E-state index contributed by atoms with van der Waals surface area (Å²) in [7, 11) is 0. The Kier molecular flexibility index (Phi) is 8.40. The second-order valence-electron chi connectivity index (χ2n) is 14.7. The molecule has 0 aromatic heterocycles. The van der Waals surface area contributed by atoms with Crippen molar-refractivity contribution in [3.05, 3.63) is 231 Å². The molecule has 1 fully saturated rings. The lowest BCUT2D eigenvalue weighted by molar-refractivity contribution is 0.561. The summed E-state index contributed by atoms with van der Waals surface area (Å²) in [5, 5.41) is 0. The molecule has 6 aromatic carbocycles. The zero-order valence-electron chi connectivity index (χ0n) is 30.2. The predicted molar refractivity (Wildman–Crippen MR) is 217 cm³/mol. The van der Waals surface area contributed by atoms with Gasteiger partial charge in [-0.25, -0.2) is 0 Å². The van der Waals surface area contributed by atoms with Gasteiger partial charge in [0.15, 0.2) is 0 Å². The van der Waals surface area contributed by atoms with Crippen LogP contribution in [-0.2, 0) is 0 Å². The van der Waals surface area contributed by atoms with Crippen molar-refractivity contribution in [1.29, 1.82) is 0 Å². The van der Waals surface area contributed by atoms with E-state index in [1.54, 1.807) is 0 Å². The minimum absolute atomic E-state index is 0.0256. The van der Waals surface area contributed by atoms with Crippen molar-refractivity contribution in [1.82, 2.24) is 0 Å². The number of aryl methyl sites for hydroxylation is 1. The van der Waals surface area contributed by atoms with Crippen LogP contribution in [0.25, 0.3) is 27.8 Å². The van der Waals surface area contributed by atoms with Gasteiger partial charge in [-0.1, -0.05) is 183 Å². The molecule has 2 aliphatic carbocycles. The number of hydrogen-bond donors (Lipinski definition) is 0. The van der Waals surface area contributed by atoms with E-state index in [0.717, 1.165) is 0 Å². The zero-order valence-corrected chi connectivity index (χ0v) is 30.2. The molecular weight excluding hydrogens is 613 g/mol. The largest absolute Gasteiger partial charge is 0.0720 e. The maximum atomic E-state index is 2.61. The molecule has 0 saturated heterocycles. The summed E-state index contributed by atoms with van der Waals surface area (Å²) < 4.78 is 0. The highest BCUT2D eigenvalue weighted by atomic mass is 14.5. The number of benzene rings is 6. The minimum atomic E-state index is -0.268. The summed E-state index contributed by atoms with van der Waals surface area (Å²) in [5.74, 6) is 0.0256. The van der Waals surface area contributed by atoms with Crippen LogP contribution in [-0.4, -0.2) is 0 Å². The van der Waals surface area contributed by atoms with E-state index in [-0.39, 0.29) is 11.3 Å². The molecule has 0 N–H and O–H groups in total. The van der Waals surface area contributed by atoms with Crippen molar-refractivity contribution in [2.45, 2.75) is 34.6 Å². The quantitative estimate of drug-likeness (QED) is 0.173. The first-order valence-electron chi connectivity index (χ1n) is 18.2. The lowest BCUT2D eigenvalue weighted by Crippen LogP contribution is -2.15. The molecule has 1 unspecified atom stereocenters. The predicted octanol–water partition coefficient (Wildman–Crippen LogP) is 13.4. The maximum absolute atomic E-state index is 2.61. The summed E-state index contributed by atoms with van der Waals surface area (Å²) in [6.45, 7) is 11.8. The van der Waals surface area contributed by atoms with Gasteiger partial charge in [-0.2, -0.15) is 0 Å². The molecule has 0 radical (unpaired) electrons. The molecule has 8 rings (SSSR count). The number of hydrogen-bond acceptors (Lipinski definition) is 0. The van der Waals surface area contributed by atoms with Gasteiger partial charge in [0.05, 0.1) is 0 Å². The Morgan fingerprint density at radius 2 is 1.08 bits per heavy atom. The van der Waals surface area contributed by atoms with Crippen LogP contribution in [0, 0.1) is 18.3 Å².